The molecule has 1 atom stereocenters. The van der Waals surface area contributed by atoms with Crippen LogP contribution >= 0.6 is 11.3 Å². The van der Waals surface area contributed by atoms with Gasteiger partial charge in [0.2, 0.25) is 5.75 Å². The number of carbonyl (C=O) groups is 1. The Hall–Kier alpha value is -3.33. The lowest BCUT2D eigenvalue weighted by atomic mass is 10.2. The van der Waals surface area contributed by atoms with Gasteiger partial charge in [-0.15, -0.1) is 0 Å². The minimum absolute atomic E-state index is 0.0974. The number of aromatic hydroxyl groups is 1. The van der Waals surface area contributed by atoms with Gasteiger partial charge in [-0.25, -0.2) is 10.4 Å². The molecule has 3 rings (SSSR count). The van der Waals surface area contributed by atoms with Crippen LogP contribution in [0.4, 0.5) is 5.13 Å². The number of methoxy groups -OCH3 is 2. The number of phenolic OH excluding ortho intramolecular Hbond substituents is 1. The highest BCUT2D eigenvalue weighted by Gasteiger charge is 2.14. The maximum Gasteiger partial charge on any atom is 0.262 e. The van der Waals surface area contributed by atoms with Crippen molar-refractivity contribution in [3.05, 3.63) is 42.0 Å². The summed E-state index contributed by atoms with van der Waals surface area (Å²) in [6.07, 6.45) is 1.44. The molecule has 0 spiro atoms. The summed E-state index contributed by atoms with van der Waals surface area (Å²) in [7, 11) is 2.87. The fraction of sp³-hybridized carbons (Fsp3) is 0.211. The van der Waals surface area contributed by atoms with Crippen molar-refractivity contribution in [1.29, 1.82) is 0 Å². The van der Waals surface area contributed by atoms with Crippen molar-refractivity contribution >= 4 is 38.8 Å². The number of aromatic nitrogens is 1. The number of hydrogen-bond donors (Lipinski definition) is 3. The zero-order valence-corrected chi connectivity index (χ0v) is 16.4. The third-order valence-electron chi connectivity index (χ3n) is 3.92. The molecule has 1 aromatic heterocycles. The highest BCUT2D eigenvalue weighted by Crippen LogP contribution is 2.36. The molecular formula is C19H20N4O4S. The van der Waals surface area contributed by atoms with Gasteiger partial charge >= 0.3 is 0 Å². The van der Waals surface area contributed by atoms with Gasteiger partial charge in [0, 0.05) is 5.56 Å². The number of nitrogens with one attached hydrogen (secondary N) is 2. The molecule has 2 aromatic carbocycles. The summed E-state index contributed by atoms with van der Waals surface area (Å²) in [4.78, 5) is 16.7. The van der Waals surface area contributed by atoms with Crippen LogP contribution in [0.1, 0.15) is 12.5 Å². The second kappa shape index (κ2) is 8.57. The summed E-state index contributed by atoms with van der Waals surface area (Å²) in [5.41, 5.74) is 3.96. The molecule has 0 radical (unpaired) electrons. The quantitative estimate of drug-likeness (QED) is 0.416. The Morgan fingerprint density at radius 3 is 2.57 bits per heavy atom. The number of para-hydroxylation sites is 1. The molecule has 146 valence electrons. The first-order valence-electron chi connectivity index (χ1n) is 8.42. The molecule has 0 aliphatic carbocycles. The van der Waals surface area contributed by atoms with E-state index in [4.69, 9.17) is 9.47 Å². The van der Waals surface area contributed by atoms with Crippen molar-refractivity contribution in [1.82, 2.24) is 10.4 Å². The van der Waals surface area contributed by atoms with E-state index in [1.807, 2.05) is 24.3 Å². The van der Waals surface area contributed by atoms with Gasteiger partial charge in [0.1, 0.15) is 6.04 Å². The lowest BCUT2D eigenvalue weighted by Gasteiger charge is -2.11. The van der Waals surface area contributed by atoms with Crippen molar-refractivity contribution < 1.29 is 19.4 Å². The van der Waals surface area contributed by atoms with E-state index in [1.165, 1.54) is 31.8 Å². The maximum absolute atomic E-state index is 12.3. The van der Waals surface area contributed by atoms with E-state index in [-0.39, 0.29) is 23.2 Å². The SMILES string of the molecule is COc1cc(/C=N/NC(=O)[C@@H](C)Nc2nc3ccccc3s2)cc(OC)c1O. The molecular weight excluding hydrogens is 380 g/mol. The number of thiazole rings is 1. The summed E-state index contributed by atoms with van der Waals surface area (Å²) in [6, 6.07) is 10.4. The van der Waals surface area contributed by atoms with Crippen LogP contribution in [0.15, 0.2) is 41.5 Å². The molecule has 0 fully saturated rings. The number of amides is 1. The monoisotopic (exact) mass is 400 g/mol. The molecule has 3 aromatic rings. The molecule has 1 amide bonds. The summed E-state index contributed by atoms with van der Waals surface area (Å²) in [6.45, 7) is 1.73. The molecule has 0 saturated heterocycles. The van der Waals surface area contributed by atoms with Crippen LogP contribution in [0, 0.1) is 0 Å². The van der Waals surface area contributed by atoms with Crippen molar-refractivity contribution in [3.63, 3.8) is 0 Å². The largest absolute Gasteiger partial charge is 0.502 e. The fourth-order valence-electron chi connectivity index (χ4n) is 2.44. The van der Waals surface area contributed by atoms with Crippen LogP contribution in [0.5, 0.6) is 17.2 Å². The number of ether oxygens (including phenoxy) is 2. The number of anilines is 1. The molecule has 0 saturated carbocycles. The van der Waals surface area contributed by atoms with Crippen molar-refractivity contribution in [2.24, 2.45) is 5.10 Å². The van der Waals surface area contributed by atoms with Gasteiger partial charge < -0.3 is 19.9 Å². The number of phenols is 1. The van der Waals surface area contributed by atoms with E-state index < -0.39 is 6.04 Å². The van der Waals surface area contributed by atoms with Crippen molar-refractivity contribution in [2.45, 2.75) is 13.0 Å². The van der Waals surface area contributed by atoms with Gasteiger partial charge in [0.15, 0.2) is 16.6 Å². The Kier molecular flexibility index (Phi) is 5.95. The van der Waals surface area contributed by atoms with Gasteiger partial charge in [0.05, 0.1) is 30.7 Å². The van der Waals surface area contributed by atoms with E-state index in [2.05, 4.69) is 20.8 Å². The van der Waals surface area contributed by atoms with Gasteiger partial charge in [-0.2, -0.15) is 5.10 Å². The number of carbonyl (C=O) groups excluding carboxylic acids is 1. The molecule has 8 nitrogen and oxygen atoms in total. The normalized spacial score (nSPS) is 12.1. The number of benzene rings is 2. The van der Waals surface area contributed by atoms with Gasteiger partial charge in [0.25, 0.3) is 5.91 Å². The number of nitrogens with zero attached hydrogens (tertiary/aromatic N) is 2. The molecule has 0 bridgehead atoms. The summed E-state index contributed by atoms with van der Waals surface area (Å²) in [5, 5.41) is 17.6. The number of rotatable bonds is 7. The highest BCUT2D eigenvalue weighted by molar-refractivity contribution is 7.22. The highest BCUT2D eigenvalue weighted by atomic mass is 32.1. The Bertz CT molecular complexity index is 960. The van der Waals surface area contributed by atoms with Crippen LogP contribution in [0.3, 0.4) is 0 Å². The predicted molar refractivity (Wildman–Crippen MR) is 110 cm³/mol. The van der Waals surface area contributed by atoms with Gasteiger partial charge in [-0.05, 0) is 31.2 Å². The molecule has 3 N–H and O–H groups in total. The van der Waals surface area contributed by atoms with E-state index in [0.29, 0.717) is 10.7 Å². The minimum Gasteiger partial charge on any atom is -0.502 e. The fourth-order valence-corrected chi connectivity index (χ4v) is 3.39. The summed E-state index contributed by atoms with van der Waals surface area (Å²) >= 11 is 1.48. The summed E-state index contributed by atoms with van der Waals surface area (Å²) < 4.78 is 11.2. The predicted octanol–water partition coefficient (Wildman–Crippen LogP) is 2.97. The molecule has 0 unspecified atom stereocenters. The van der Waals surface area contributed by atoms with Crippen LogP contribution in [-0.2, 0) is 4.79 Å². The molecule has 28 heavy (non-hydrogen) atoms. The topological polar surface area (TPSA) is 105 Å². The van der Waals surface area contributed by atoms with Crippen LogP contribution in [0.25, 0.3) is 10.2 Å². The zero-order chi connectivity index (χ0) is 20.1. The van der Waals surface area contributed by atoms with E-state index >= 15 is 0 Å². The average Bonchev–Trinajstić information content (AvgIpc) is 3.11. The Morgan fingerprint density at radius 1 is 1.25 bits per heavy atom. The first-order chi connectivity index (χ1) is 13.5. The number of hydrazone groups is 1. The zero-order valence-electron chi connectivity index (χ0n) is 15.6. The van der Waals surface area contributed by atoms with Gasteiger partial charge in [-0.3, -0.25) is 4.79 Å². The third kappa shape index (κ3) is 4.32. The number of hydrogen-bond acceptors (Lipinski definition) is 8. The molecule has 0 aliphatic heterocycles. The Labute approximate surface area is 165 Å². The van der Waals surface area contributed by atoms with Crippen molar-refractivity contribution in [2.75, 3.05) is 19.5 Å². The Balaban J connectivity index is 1.62. The smallest absolute Gasteiger partial charge is 0.262 e. The minimum atomic E-state index is -0.526. The van der Waals surface area contributed by atoms with Crippen LogP contribution < -0.4 is 20.2 Å². The lowest BCUT2D eigenvalue weighted by molar-refractivity contribution is -0.121. The standard InChI is InChI=1S/C19H20N4O4S/c1-11(21-19-22-13-6-4-5-7-16(13)28-19)18(25)23-20-10-12-8-14(26-2)17(24)15(9-12)27-3/h4-11,24H,1-3H3,(H,21,22)(H,23,25)/b20-10+/t11-/m1/s1. The first-order valence-corrected chi connectivity index (χ1v) is 9.23. The molecule has 1 heterocycles. The van der Waals surface area contributed by atoms with E-state index in [9.17, 15) is 9.90 Å². The summed E-state index contributed by atoms with van der Waals surface area (Å²) in [5.74, 6) is 0.0871. The van der Waals surface area contributed by atoms with Crippen LogP contribution in [0.2, 0.25) is 0 Å². The van der Waals surface area contributed by atoms with Crippen LogP contribution in [-0.4, -0.2) is 42.5 Å². The number of fused-ring (bicyclic) bond motifs is 1. The third-order valence-corrected chi connectivity index (χ3v) is 4.89. The Morgan fingerprint density at radius 2 is 1.93 bits per heavy atom. The van der Waals surface area contributed by atoms with E-state index in [1.54, 1.807) is 19.1 Å². The van der Waals surface area contributed by atoms with E-state index in [0.717, 1.165) is 10.2 Å². The lowest BCUT2D eigenvalue weighted by Crippen LogP contribution is -2.34. The van der Waals surface area contributed by atoms with Gasteiger partial charge in [-0.1, -0.05) is 23.5 Å². The average molecular weight is 400 g/mol. The first kappa shape index (κ1) is 19.4. The molecule has 9 heteroatoms. The van der Waals surface area contributed by atoms with Crippen molar-refractivity contribution in [3.8, 4) is 17.2 Å². The second-order valence-electron chi connectivity index (χ2n) is 5.86. The maximum atomic E-state index is 12.3. The molecule has 0 aliphatic rings. The second-order valence-corrected chi connectivity index (χ2v) is 6.89.